The van der Waals surface area contributed by atoms with Crippen LogP contribution in [0.4, 0.5) is 22.0 Å². The molecule has 1 aromatic heterocycles. The zero-order valence-electron chi connectivity index (χ0n) is 25.7. The fourth-order valence-electron chi connectivity index (χ4n) is 5.43. The predicted molar refractivity (Wildman–Crippen MR) is 173 cm³/mol. The monoisotopic (exact) mass is 692 g/mol. The second-order valence-corrected chi connectivity index (χ2v) is 12.3. The first kappa shape index (κ1) is 34.3. The number of aliphatic hydroxyl groups excluding tert-OH is 1. The number of nitrogens with one attached hydrogen (secondary N) is 1. The van der Waals surface area contributed by atoms with Crippen LogP contribution in [-0.4, -0.2) is 27.9 Å². The minimum absolute atomic E-state index is 0.0629. The molecule has 252 valence electrons. The van der Waals surface area contributed by atoms with Crippen molar-refractivity contribution in [3.63, 3.8) is 0 Å². The van der Waals surface area contributed by atoms with Crippen LogP contribution < -0.4 is 5.32 Å². The summed E-state index contributed by atoms with van der Waals surface area (Å²) in [7, 11) is 0. The number of hydrogen-bond acceptors (Lipinski definition) is 6. The first-order valence-corrected chi connectivity index (χ1v) is 16.2. The SMILES string of the molecule is O=C(NCc1cccc(-c2cccc([C@@H]3O[C@H](CSc4ccccn4)C[C@H](c4ccc(CO)cc4)O3)c2)c1)c1c(F)c(F)c(F)c(F)c1F. The third kappa shape index (κ3) is 7.83. The summed E-state index contributed by atoms with van der Waals surface area (Å²) in [5, 5.41) is 12.6. The van der Waals surface area contributed by atoms with Gasteiger partial charge in [-0.2, -0.15) is 0 Å². The van der Waals surface area contributed by atoms with Gasteiger partial charge in [-0.05, 0) is 52.1 Å². The summed E-state index contributed by atoms with van der Waals surface area (Å²) in [4.78, 5) is 16.9. The summed E-state index contributed by atoms with van der Waals surface area (Å²) in [6, 6.07) is 27.8. The lowest BCUT2D eigenvalue weighted by Gasteiger charge is -2.36. The summed E-state index contributed by atoms with van der Waals surface area (Å²) in [6.07, 6.45) is 1.17. The van der Waals surface area contributed by atoms with Crippen molar-refractivity contribution in [3.05, 3.63) is 154 Å². The van der Waals surface area contributed by atoms with Crippen LogP contribution in [0, 0.1) is 29.1 Å². The lowest BCUT2D eigenvalue weighted by molar-refractivity contribution is -0.245. The maximum Gasteiger partial charge on any atom is 0.257 e. The molecular weight excluding hydrogens is 663 g/mol. The van der Waals surface area contributed by atoms with Gasteiger partial charge in [-0.25, -0.2) is 26.9 Å². The van der Waals surface area contributed by atoms with E-state index in [1.165, 1.54) is 0 Å². The maximum atomic E-state index is 14.1. The molecule has 0 aliphatic carbocycles. The predicted octanol–water partition coefficient (Wildman–Crippen LogP) is 8.20. The van der Waals surface area contributed by atoms with E-state index in [2.05, 4.69) is 10.3 Å². The van der Waals surface area contributed by atoms with Gasteiger partial charge < -0.3 is 19.9 Å². The van der Waals surface area contributed by atoms with Gasteiger partial charge in [-0.1, -0.05) is 66.7 Å². The number of nitrogens with zero attached hydrogens (tertiary/aromatic N) is 1. The average Bonchev–Trinajstić information content (AvgIpc) is 3.15. The Morgan fingerprint density at radius 2 is 1.47 bits per heavy atom. The highest BCUT2D eigenvalue weighted by molar-refractivity contribution is 7.99. The van der Waals surface area contributed by atoms with Gasteiger partial charge >= 0.3 is 0 Å². The molecule has 0 bridgehead atoms. The molecule has 3 atom stereocenters. The molecule has 0 unspecified atom stereocenters. The van der Waals surface area contributed by atoms with Crippen LogP contribution >= 0.6 is 11.8 Å². The second-order valence-electron chi connectivity index (χ2n) is 11.3. The molecule has 2 heterocycles. The molecule has 5 aromatic rings. The van der Waals surface area contributed by atoms with E-state index < -0.39 is 46.8 Å². The largest absolute Gasteiger partial charge is 0.392 e. The molecule has 1 fully saturated rings. The minimum atomic E-state index is -2.34. The Morgan fingerprint density at radius 1 is 0.776 bits per heavy atom. The van der Waals surface area contributed by atoms with E-state index in [9.17, 15) is 31.9 Å². The lowest BCUT2D eigenvalue weighted by Crippen LogP contribution is -2.31. The number of hydrogen-bond donors (Lipinski definition) is 2. The van der Waals surface area contributed by atoms with Gasteiger partial charge in [0.25, 0.3) is 5.91 Å². The Hall–Kier alpha value is -4.62. The van der Waals surface area contributed by atoms with E-state index in [1.807, 2.05) is 72.8 Å². The summed E-state index contributed by atoms with van der Waals surface area (Å²) < 4.78 is 81.9. The Bertz CT molecular complexity index is 1920. The molecule has 1 saturated heterocycles. The molecule has 4 aromatic carbocycles. The molecule has 1 amide bonds. The van der Waals surface area contributed by atoms with Crippen molar-refractivity contribution in [1.82, 2.24) is 10.3 Å². The third-order valence-corrected chi connectivity index (χ3v) is 9.05. The number of thioether (sulfide) groups is 1. The fraction of sp³-hybridized carbons (Fsp3) is 0.189. The third-order valence-electron chi connectivity index (χ3n) is 7.98. The highest BCUT2D eigenvalue weighted by Gasteiger charge is 2.33. The average molecular weight is 693 g/mol. The van der Waals surface area contributed by atoms with Crippen molar-refractivity contribution in [2.75, 3.05) is 5.75 Å². The number of benzene rings is 4. The molecule has 6 rings (SSSR count). The lowest BCUT2D eigenvalue weighted by atomic mass is 9.99. The van der Waals surface area contributed by atoms with Crippen molar-refractivity contribution in [1.29, 1.82) is 0 Å². The van der Waals surface area contributed by atoms with Gasteiger partial charge in [0.2, 0.25) is 5.82 Å². The van der Waals surface area contributed by atoms with Crippen molar-refractivity contribution >= 4 is 17.7 Å². The van der Waals surface area contributed by atoms with Crippen molar-refractivity contribution in [3.8, 4) is 11.1 Å². The van der Waals surface area contributed by atoms with Crippen LogP contribution in [0.1, 0.15) is 51.4 Å². The van der Waals surface area contributed by atoms with Gasteiger partial charge in [0.1, 0.15) is 5.56 Å². The van der Waals surface area contributed by atoms with E-state index in [1.54, 1.807) is 36.2 Å². The number of amides is 1. The molecular formula is C37H29F5N2O4S. The van der Waals surface area contributed by atoms with Crippen LogP contribution in [0.15, 0.2) is 102 Å². The molecule has 2 N–H and O–H groups in total. The number of carbonyl (C=O) groups is 1. The maximum absolute atomic E-state index is 14.1. The van der Waals surface area contributed by atoms with E-state index >= 15 is 0 Å². The van der Waals surface area contributed by atoms with Crippen LogP contribution in [0.2, 0.25) is 0 Å². The molecule has 1 aliphatic heterocycles. The van der Waals surface area contributed by atoms with E-state index in [0.717, 1.165) is 32.8 Å². The van der Waals surface area contributed by atoms with Crippen LogP contribution in [0.25, 0.3) is 11.1 Å². The van der Waals surface area contributed by atoms with Crippen LogP contribution in [0.5, 0.6) is 0 Å². The van der Waals surface area contributed by atoms with E-state index in [-0.39, 0.29) is 25.4 Å². The Kier molecular flexibility index (Phi) is 10.7. The molecule has 0 spiro atoms. The molecule has 6 nitrogen and oxygen atoms in total. The summed E-state index contributed by atoms with van der Waals surface area (Å²) in [5.41, 5.74) is 2.99. The number of carbonyl (C=O) groups excluding carboxylic acids is 1. The molecule has 12 heteroatoms. The molecule has 0 radical (unpaired) electrons. The first-order chi connectivity index (χ1) is 23.7. The highest BCUT2D eigenvalue weighted by atomic mass is 32.2. The molecule has 49 heavy (non-hydrogen) atoms. The van der Waals surface area contributed by atoms with Gasteiger partial charge in [-0.15, -0.1) is 11.8 Å². The second kappa shape index (κ2) is 15.3. The fourth-order valence-corrected chi connectivity index (χ4v) is 6.32. The van der Waals surface area contributed by atoms with Crippen LogP contribution in [0.3, 0.4) is 0 Å². The van der Waals surface area contributed by atoms with Crippen LogP contribution in [-0.2, 0) is 22.6 Å². The summed E-state index contributed by atoms with van der Waals surface area (Å²) >= 11 is 1.59. The Morgan fingerprint density at radius 3 is 2.16 bits per heavy atom. The van der Waals surface area contributed by atoms with Crippen molar-refractivity contribution < 1.29 is 41.3 Å². The van der Waals surface area contributed by atoms with Crippen molar-refractivity contribution in [2.45, 2.75) is 43.1 Å². The van der Waals surface area contributed by atoms with E-state index in [0.29, 0.717) is 17.7 Å². The number of halogens is 5. The van der Waals surface area contributed by atoms with Gasteiger partial charge in [-0.3, -0.25) is 4.79 Å². The quantitative estimate of drug-likeness (QED) is 0.0665. The highest BCUT2D eigenvalue weighted by Crippen LogP contribution is 2.40. The summed E-state index contributed by atoms with van der Waals surface area (Å²) in [6.45, 7) is -0.306. The zero-order chi connectivity index (χ0) is 34.5. The number of aliphatic hydroxyl groups is 1. The number of pyridine rings is 1. The Balaban J connectivity index is 1.20. The van der Waals surface area contributed by atoms with E-state index in [4.69, 9.17) is 9.47 Å². The van der Waals surface area contributed by atoms with Gasteiger partial charge in [0.05, 0.1) is 23.8 Å². The van der Waals surface area contributed by atoms with Gasteiger partial charge in [0.15, 0.2) is 29.6 Å². The van der Waals surface area contributed by atoms with Crippen molar-refractivity contribution in [2.24, 2.45) is 0 Å². The topological polar surface area (TPSA) is 80.7 Å². The molecule has 0 saturated carbocycles. The molecule has 1 aliphatic rings. The smallest absolute Gasteiger partial charge is 0.257 e. The standard InChI is InChI=1S/C37H29F5N2O4S/c38-31-30(32(39)34(41)35(42)33(31)40)36(46)44-18-22-5-3-6-24(15-22)25-7-4-8-26(16-25)37-47-27(20-49-29-9-1-2-14-43-29)17-28(48-37)23-12-10-21(19-45)11-13-23/h1-16,27-28,37,45H,17-20H2,(H,44,46)/t27-,28+,37+/m0/s1. The summed E-state index contributed by atoms with van der Waals surface area (Å²) in [5.74, 6) is -11.9. The number of rotatable bonds is 10. The first-order valence-electron chi connectivity index (χ1n) is 15.2. The normalized spacial score (nSPS) is 17.6. The zero-order valence-corrected chi connectivity index (χ0v) is 26.5. The number of aromatic nitrogens is 1. The Labute approximate surface area is 282 Å². The minimum Gasteiger partial charge on any atom is -0.392 e. The van der Waals surface area contributed by atoms with Gasteiger partial charge in [0, 0.05) is 30.5 Å². The number of ether oxygens (including phenoxy) is 2.